The Morgan fingerprint density at radius 3 is 2.86 bits per heavy atom. The number of aryl methyl sites for hydroxylation is 1. The normalized spacial score (nSPS) is 17.8. The van der Waals surface area contributed by atoms with Crippen molar-refractivity contribution in [2.75, 3.05) is 17.6 Å². The highest BCUT2D eigenvalue weighted by molar-refractivity contribution is 7.99. The van der Waals surface area contributed by atoms with Crippen molar-refractivity contribution in [3.05, 3.63) is 52.3 Å². The van der Waals surface area contributed by atoms with E-state index in [9.17, 15) is 4.79 Å². The second-order valence-electron chi connectivity index (χ2n) is 5.01. The minimum absolute atomic E-state index is 0.0195. The maximum atomic E-state index is 12.6. The number of thioether (sulfide) groups is 1. The second-order valence-corrected chi connectivity index (χ2v) is 7.05. The first-order valence-electron chi connectivity index (χ1n) is 6.82. The monoisotopic (exact) mass is 355 g/mol. The van der Waals surface area contributed by atoms with Crippen LogP contribution in [0.15, 0.2) is 36.5 Å². The van der Waals surface area contributed by atoms with Gasteiger partial charge in [-0.05, 0) is 30.3 Å². The molecule has 116 valence electrons. The molecule has 2 aromatic rings. The van der Waals surface area contributed by atoms with Gasteiger partial charge in [-0.2, -0.15) is 0 Å². The third-order valence-corrected chi connectivity index (χ3v) is 5.34. The van der Waals surface area contributed by atoms with Crippen LogP contribution in [-0.4, -0.2) is 27.8 Å². The van der Waals surface area contributed by atoms with Crippen molar-refractivity contribution >= 4 is 46.7 Å². The van der Waals surface area contributed by atoms with E-state index in [1.807, 2.05) is 34.8 Å². The molecule has 7 heteroatoms. The third kappa shape index (κ3) is 3.07. The van der Waals surface area contributed by atoms with Crippen molar-refractivity contribution in [3.8, 4) is 0 Å². The summed E-state index contributed by atoms with van der Waals surface area (Å²) in [5, 5.41) is 3.86. The van der Waals surface area contributed by atoms with E-state index in [2.05, 4.69) is 5.32 Å². The SMILES string of the molecule is Cn1cccc1[C@@H]1SCCN1C(=O)Nc1ccc(Cl)cc1Cl. The van der Waals surface area contributed by atoms with Crippen molar-refractivity contribution < 1.29 is 4.79 Å². The first kappa shape index (κ1) is 15.6. The van der Waals surface area contributed by atoms with Gasteiger partial charge in [0, 0.05) is 30.6 Å². The van der Waals surface area contributed by atoms with Gasteiger partial charge in [0.05, 0.1) is 16.4 Å². The Morgan fingerprint density at radius 1 is 1.36 bits per heavy atom. The summed E-state index contributed by atoms with van der Waals surface area (Å²) in [6.45, 7) is 0.706. The minimum Gasteiger partial charge on any atom is -0.352 e. The lowest BCUT2D eigenvalue weighted by Crippen LogP contribution is -2.35. The zero-order valence-corrected chi connectivity index (χ0v) is 14.3. The molecule has 0 bridgehead atoms. The standard InChI is InChI=1S/C15H15Cl2N3OS/c1-19-6-2-3-13(19)14-20(7-8-22-14)15(21)18-12-5-4-10(16)9-11(12)17/h2-6,9,14H,7-8H2,1H3,(H,18,21)/t14-/m0/s1. The van der Waals surface area contributed by atoms with Gasteiger partial charge >= 0.3 is 6.03 Å². The van der Waals surface area contributed by atoms with Crippen molar-refractivity contribution in [1.29, 1.82) is 0 Å². The molecular formula is C15H15Cl2N3OS. The van der Waals surface area contributed by atoms with Gasteiger partial charge in [0.15, 0.2) is 0 Å². The maximum absolute atomic E-state index is 12.6. The Hall–Kier alpha value is -1.30. The number of carbonyl (C=O) groups is 1. The fraction of sp³-hybridized carbons (Fsp3) is 0.267. The molecule has 0 unspecified atom stereocenters. The zero-order valence-electron chi connectivity index (χ0n) is 11.9. The number of anilines is 1. The number of nitrogens with one attached hydrogen (secondary N) is 1. The first-order chi connectivity index (χ1) is 10.6. The van der Waals surface area contributed by atoms with Crippen molar-refractivity contribution in [3.63, 3.8) is 0 Å². The first-order valence-corrected chi connectivity index (χ1v) is 8.62. The van der Waals surface area contributed by atoms with E-state index >= 15 is 0 Å². The van der Waals surface area contributed by atoms with Gasteiger partial charge in [0.1, 0.15) is 5.37 Å². The highest BCUT2D eigenvalue weighted by atomic mass is 35.5. The fourth-order valence-electron chi connectivity index (χ4n) is 2.43. The molecule has 1 atom stereocenters. The Bertz CT molecular complexity index is 704. The lowest BCUT2D eigenvalue weighted by Gasteiger charge is -2.25. The number of urea groups is 1. The van der Waals surface area contributed by atoms with Gasteiger partial charge < -0.3 is 14.8 Å². The lowest BCUT2D eigenvalue weighted by atomic mass is 10.3. The Kier molecular flexibility index (Phi) is 4.57. The van der Waals surface area contributed by atoms with Crippen LogP contribution >= 0.6 is 35.0 Å². The highest BCUT2D eigenvalue weighted by Gasteiger charge is 2.32. The van der Waals surface area contributed by atoms with Crippen LogP contribution in [0.1, 0.15) is 11.1 Å². The molecule has 0 spiro atoms. The summed E-state index contributed by atoms with van der Waals surface area (Å²) in [7, 11) is 1.99. The molecule has 2 heterocycles. The topological polar surface area (TPSA) is 37.3 Å². The van der Waals surface area contributed by atoms with Crippen LogP contribution in [0.25, 0.3) is 0 Å². The molecule has 1 aromatic carbocycles. The van der Waals surface area contributed by atoms with E-state index in [-0.39, 0.29) is 11.4 Å². The lowest BCUT2D eigenvalue weighted by molar-refractivity contribution is 0.213. The van der Waals surface area contributed by atoms with Crippen LogP contribution < -0.4 is 5.32 Å². The van der Waals surface area contributed by atoms with E-state index in [4.69, 9.17) is 23.2 Å². The van der Waals surface area contributed by atoms with Crippen molar-refractivity contribution in [2.45, 2.75) is 5.37 Å². The summed E-state index contributed by atoms with van der Waals surface area (Å²) in [6.07, 6.45) is 1.99. The average Bonchev–Trinajstić information content (AvgIpc) is 3.09. The summed E-state index contributed by atoms with van der Waals surface area (Å²) in [4.78, 5) is 14.4. The number of aromatic nitrogens is 1. The smallest absolute Gasteiger partial charge is 0.323 e. The van der Waals surface area contributed by atoms with Crippen LogP contribution in [0.5, 0.6) is 0 Å². The number of rotatable bonds is 2. The van der Waals surface area contributed by atoms with E-state index in [1.165, 1.54) is 0 Å². The molecule has 0 aliphatic carbocycles. The van der Waals surface area contributed by atoms with Gasteiger partial charge in [-0.1, -0.05) is 23.2 Å². The van der Waals surface area contributed by atoms with E-state index in [1.54, 1.807) is 30.0 Å². The molecular weight excluding hydrogens is 341 g/mol. The Balaban J connectivity index is 1.78. The predicted molar refractivity (Wildman–Crippen MR) is 92.8 cm³/mol. The quantitative estimate of drug-likeness (QED) is 0.853. The molecule has 1 fully saturated rings. The van der Waals surface area contributed by atoms with Gasteiger partial charge in [-0.25, -0.2) is 4.79 Å². The molecule has 0 radical (unpaired) electrons. The molecule has 2 amide bonds. The second kappa shape index (κ2) is 6.44. The highest BCUT2D eigenvalue weighted by Crippen LogP contribution is 2.38. The fourth-order valence-corrected chi connectivity index (χ4v) is 4.21. The van der Waals surface area contributed by atoms with Crippen LogP contribution in [0.2, 0.25) is 10.0 Å². The molecule has 1 aliphatic rings. The number of nitrogens with zero attached hydrogens (tertiary/aromatic N) is 2. The number of benzene rings is 1. The van der Waals surface area contributed by atoms with Gasteiger partial charge in [0.25, 0.3) is 0 Å². The number of carbonyl (C=O) groups excluding carboxylic acids is 1. The summed E-state index contributed by atoms with van der Waals surface area (Å²) in [5.41, 5.74) is 1.68. The van der Waals surface area contributed by atoms with Gasteiger partial charge in [-0.15, -0.1) is 11.8 Å². The number of hydrogen-bond acceptors (Lipinski definition) is 2. The average molecular weight is 356 g/mol. The molecule has 3 rings (SSSR count). The summed E-state index contributed by atoms with van der Waals surface area (Å²) >= 11 is 13.7. The zero-order chi connectivity index (χ0) is 15.7. The number of halogens is 2. The van der Waals surface area contributed by atoms with Gasteiger partial charge in [0.2, 0.25) is 0 Å². The Labute approximate surface area is 143 Å². The predicted octanol–water partition coefficient (Wildman–Crippen LogP) is 4.61. The van der Waals surface area contributed by atoms with Gasteiger partial charge in [-0.3, -0.25) is 0 Å². The third-order valence-electron chi connectivity index (χ3n) is 3.56. The van der Waals surface area contributed by atoms with Crippen LogP contribution in [0, 0.1) is 0 Å². The van der Waals surface area contributed by atoms with Crippen molar-refractivity contribution in [1.82, 2.24) is 9.47 Å². The van der Waals surface area contributed by atoms with E-state index in [0.29, 0.717) is 22.3 Å². The summed E-state index contributed by atoms with van der Waals surface area (Å²) < 4.78 is 2.04. The largest absolute Gasteiger partial charge is 0.352 e. The van der Waals surface area contributed by atoms with E-state index in [0.717, 1.165) is 11.4 Å². The molecule has 22 heavy (non-hydrogen) atoms. The number of amides is 2. The number of hydrogen-bond donors (Lipinski definition) is 1. The summed E-state index contributed by atoms with van der Waals surface area (Å²) in [5.74, 6) is 0.914. The molecule has 4 nitrogen and oxygen atoms in total. The van der Waals surface area contributed by atoms with Crippen LogP contribution in [0.4, 0.5) is 10.5 Å². The molecule has 1 saturated heterocycles. The minimum atomic E-state index is -0.152. The Morgan fingerprint density at radius 2 is 2.18 bits per heavy atom. The van der Waals surface area contributed by atoms with E-state index < -0.39 is 0 Å². The van der Waals surface area contributed by atoms with Crippen LogP contribution in [0.3, 0.4) is 0 Å². The maximum Gasteiger partial charge on any atom is 0.323 e. The molecule has 0 saturated carbocycles. The van der Waals surface area contributed by atoms with Crippen LogP contribution in [-0.2, 0) is 7.05 Å². The molecule has 1 N–H and O–H groups in total. The molecule has 1 aromatic heterocycles. The van der Waals surface area contributed by atoms with Crippen molar-refractivity contribution in [2.24, 2.45) is 7.05 Å². The molecule has 1 aliphatic heterocycles. The summed E-state index contributed by atoms with van der Waals surface area (Å²) in [6, 6.07) is 8.91.